The van der Waals surface area contributed by atoms with Crippen LogP contribution in [0.15, 0.2) is 49.1 Å². The lowest BCUT2D eigenvalue weighted by Gasteiger charge is -2.03. The van der Waals surface area contributed by atoms with Crippen LogP contribution >= 0.6 is 0 Å². The summed E-state index contributed by atoms with van der Waals surface area (Å²) >= 11 is 0. The summed E-state index contributed by atoms with van der Waals surface area (Å²) in [5, 5.41) is 2.44. The van der Waals surface area contributed by atoms with E-state index in [-0.39, 0.29) is 0 Å². The molecule has 0 spiro atoms. The fraction of sp³-hybridized carbons (Fsp3) is 0.0833. The summed E-state index contributed by atoms with van der Waals surface area (Å²) in [7, 11) is 1.56. The molecular weight excluding hydrogens is 232 g/mol. The number of rotatable bonds is 2. The number of methoxy groups -OCH3 is 1. The van der Waals surface area contributed by atoms with Crippen molar-refractivity contribution in [3.05, 3.63) is 49.1 Å². The van der Waals surface area contributed by atoms with Crippen molar-refractivity contribution in [3.8, 4) is 5.75 Å². The number of ether oxygens (including phenoxy) is 1. The zero-order valence-corrected chi connectivity index (χ0v) is 9.91. The van der Waals surface area contributed by atoms with Gasteiger partial charge >= 0.3 is 6.03 Å². The van der Waals surface area contributed by atoms with Gasteiger partial charge in [-0.1, -0.05) is 6.07 Å². The van der Waals surface area contributed by atoms with Gasteiger partial charge in [-0.2, -0.15) is 0 Å². The first-order chi connectivity index (χ1) is 8.72. The minimum Gasteiger partial charge on any atom is -0.497 e. The number of primary amides is 1. The predicted octanol–water partition coefficient (Wildman–Crippen LogP) is 1.66. The molecule has 0 radical (unpaired) electrons. The zero-order chi connectivity index (χ0) is 13.2. The minimum atomic E-state index is -0.580. The lowest BCUT2D eigenvalue weighted by Crippen LogP contribution is -2.19. The van der Waals surface area contributed by atoms with Crippen LogP contribution in [0.2, 0.25) is 0 Å². The number of nitrogens with zero attached hydrogens (tertiary/aromatic N) is 2. The Morgan fingerprint density at radius 1 is 1.28 bits per heavy atom. The van der Waals surface area contributed by atoms with Gasteiger partial charge in [0.05, 0.1) is 7.11 Å². The van der Waals surface area contributed by atoms with E-state index in [1.165, 1.54) is 6.33 Å². The van der Waals surface area contributed by atoms with Crippen LogP contribution in [0.25, 0.3) is 0 Å². The molecule has 2 amide bonds. The number of urea groups is 1. The lowest BCUT2D eigenvalue weighted by molar-refractivity contribution is 0.259. The van der Waals surface area contributed by atoms with Gasteiger partial charge in [-0.3, -0.25) is 0 Å². The van der Waals surface area contributed by atoms with Crippen molar-refractivity contribution >= 4 is 11.7 Å². The third-order valence-corrected chi connectivity index (χ3v) is 1.81. The van der Waals surface area contributed by atoms with Crippen LogP contribution in [0, 0.1) is 0 Å². The second kappa shape index (κ2) is 7.61. The Balaban J connectivity index is 0.000000225. The zero-order valence-electron chi connectivity index (χ0n) is 9.91. The first kappa shape index (κ1) is 13.4. The van der Waals surface area contributed by atoms with Crippen molar-refractivity contribution in [2.45, 2.75) is 0 Å². The Morgan fingerprint density at radius 2 is 2.00 bits per heavy atom. The van der Waals surface area contributed by atoms with Crippen LogP contribution in [0.3, 0.4) is 0 Å². The van der Waals surface area contributed by atoms with Gasteiger partial charge in [0, 0.05) is 24.1 Å². The second-order valence-corrected chi connectivity index (χ2v) is 3.13. The molecule has 1 aromatic heterocycles. The largest absolute Gasteiger partial charge is 0.497 e. The van der Waals surface area contributed by atoms with Crippen molar-refractivity contribution in [2.24, 2.45) is 5.73 Å². The predicted molar refractivity (Wildman–Crippen MR) is 68.2 cm³/mol. The van der Waals surface area contributed by atoms with E-state index >= 15 is 0 Å². The van der Waals surface area contributed by atoms with Gasteiger partial charge in [0.2, 0.25) is 0 Å². The Hall–Kier alpha value is -2.63. The highest BCUT2D eigenvalue weighted by Gasteiger charge is 1.96. The monoisotopic (exact) mass is 246 g/mol. The van der Waals surface area contributed by atoms with Gasteiger partial charge in [0.25, 0.3) is 0 Å². The number of nitrogens with one attached hydrogen (secondary N) is 1. The summed E-state index contributed by atoms with van der Waals surface area (Å²) in [4.78, 5) is 17.8. The van der Waals surface area contributed by atoms with Gasteiger partial charge in [0.1, 0.15) is 12.1 Å². The van der Waals surface area contributed by atoms with Crippen LogP contribution in [-0.4, -0.2) is 23.1 Å². The second-order valence-electron chi connectivity index (χ2n) is 3.13. The molecule has 2 rings (SSSR count). The van der Waals surface area contributed by atoms with E-state index in [2.05, 4.69) is 15.3 Å². The Bertz CT molecular complexity index is 450. The Kier molecular flexibility index (Phi) is 5.68. The van der Waals surface area contributed by atoms with E-state index in [4.69, 9.17) is 10.5 Å². The number of nitrogens with two attached hydrogens (primary N) is 1. The number of benzene rings is 1. The molecule has 0 fully saturated rings. The molecular formula is C12H14N4O2. The molecule has 2 aromatic rings. The van der Waals surface area contributed by atoms with Crippen molar-refractivity contribution in [2.75, 3.05) is 12.4 Å². The first-order valence-corrected chi connectivity index (χ1v) is 5.13. The van der Waals surface area contributed by atoms with Crippen LogP contribution in [-0.2, 0) is 0 Å². The molecule has 0 unspecified atom stereocenters. The number of carbonyl (C=O) groups excluding carboxylic acids is 1. The van der Waals surface area contributed by atoms with Gasteiger partial charge in [-0.15, -0.1) is 0 Å². The Morgan fingerprint density at radius 3 is 2.44 bits per heavy atom. The van der Waals surface area contributed by atoms with E-state index in [0.29, 0.717) is 11.4 Å². The topological polar surface area (TPSA) is 90.1 Å². The number of hydrogen-bond donors (Lipinski definition) is 2. The summed E-state index contributed by atoms with van der Waals surface area (Å²) in [6.07, 6.45) is 4.88. The average Bonchev–Trinajstić information content (AvgIpc) is 2.41. The highest BCUT2D eigenvalue weighted by molar-refractivity contribution is 5.87. The number of amides is 2. The number of carbonyl (C=O) groups is 1. The van der Waals surface area contributed by atoms with Crippen LogP contribution in [0.5, 0.6) is 5.75 Å². The summed E-state index contributed by atoms with van der Waals surface area (Å²) in [5.41, 5.74) is 5.55. The molecule has 0 bridgehead atoms. The molecule has 94 valence electrons. The van der Waals surface area contributed by atoms with E-state index in [1.807, 2.05) is 0 Å². The number of hydrogen-bond acceptors (Lipinski definition) is 4. The maximum absolute atomic E-state index is 10.4. The van der Waals surface area contributed by atoms with Crippen molar-refractivity contribution in [3.63, 3.8) is 0 Å². The van der Waals surface area contributed by atoms with Crippen molar-refractivity contribution < 1.29 is 9.53 Å². The molecule has 18 heavy (non-hydrogen) atoms. The number of aromatic nitrogens is 2. The van der Waals surface area contributed by atoms with E-state index < -0.39 is 6.03 Å². The highest BCUT2D eigenvalue weighted by Crippen LogP contribution is 2.15. The summed E-state index contributed by atoms with van der Waals surface area (Å²) in [6.45, 7) is 0. The molecule has 0 saturated heterocycles. The molecule has 0 aliphatic carbocycles. The van der Waals surface area contributed by atoms with E-state index in [0.717, 1.165) is 0 Å². The molecule has 0 aliphatic rings. The average molecular weight is 246 g/mol. The lowest BCUT2D eigenvalue weighted by atomic mass is 10.3. The molecule has 0 aliphatic heterocycles. The van der Waals surface area contributed by atoms with Gasteiger partial charge < -0.3 is 15.8 Å². The van der Waals surface area contributed by atoms with Crippen molar-refractivity contribution in [1.29, 1.82) is 0 Å². The minimum absolute atomic E-state index is 0.580. The quantitative estimate of drug-likeness (QED) is 0.843. The third-order valence-electron chi connectivity index (χ3n) is 1.81. The van der Waals surface area contributed by atoms with Gasteiger partial charge in [-0.05, 0) is 18.2 Å². The maximum atomic E-state index is 10.4. The SMILES string of the molecule is COc1cccc(NC(N)=O)c1.c1cncnc1. The fourth-order valence-corrected chi connectivity index (χ4v) is 1.10. The Labute approximate surface area is 105 Å². The van der Waals surface area contributed by atoms with E-state index in [9.17, 15) is 4.79 Å². The summed E-state index contributed by atoms with van der Waals surface area (Å²) < 4.78 is 4.94. The van der Waals surface area contributed by atoms with Crippen LogP contribution in [0.4, 0.5) is 10.5 Å². The smallest absolute Gasteiger partial charge is 0.316 e. The molecule has 1 heterocycles. The summed E-state index contributed by atoms with van der Waals surface area (Å²) in [6, 6.07) is 8.16. The highest BCUT2D eigenvalue weighted by atomic mass is 16.5. The molecule has 6 nitrogen and oxygen atoms in total. The summed E-state index contributed by atoms with van der Waals surface area (Å²) in [5.74, 6) is 0.682. The standard InChI is InChI=1S/C8H10N2O2.C4H4N2/c1-12-7-4-2-3-6(5-7)10-8(9)11;1-2-5-4-6-3-1/h2-5H,1H3,(H3,9,10,11);1-4H. The van der Waals surface area contributed by atoms with Gasteiger partial charge in [-0.25, -0.2) is 14.8 Å². The molecule has 0 atom stereocenters. The molecule has 3 N–H and O–H groups in total. The fourth-order valence-electron chi connectivity index (χ4n) is 1.10. The van der Waals surface area contributed by atoms with Crippen LogP contribution in [0.1, 0.15) is 0 Å². The first-order valence-electron chi connectivity index (χ1n) is 5.13. The van der Waals surface area contributed by atoms with Gasteiger partial charge in [0.15, 0.2) is 0 Å². The molecule has 6 heteroatoms. The molecule has 0 saturated carbocycles. The van der Waals surface area contributed by atoms with E-state index in [1.54, 1.807) is 49.8 Å². The maximum Gasteiger partial charge on any atom is 0.316 e. The van der Waals surface area contributed by atoms with Crippen LogP contribution < -0.4 is 15.8 Å². The number of anilines is 1. The third kappa shape index (κ3) is 5.45. The molecule has 1 aromatic carbocycles. The van der Waals surface area contributed by atoms with Crippen molar-refractivity contribution in [1.82, 2.24) is 9.97 Å². The normalized spacial score (nSPS) is 8.72.